The van der Waals surface area contributed by atoms with Gasteiger partial charge in [-0.1, -0.05) is 12.1 Å². The highest BCUT2D eigenvalue weighted by molar-refractivity contribution is 5.90. The summed E-state index contributed by atoms with van der Waals surface area (Å²) in [6.45, 7) is 4.44. The minimum atomic E-state index is 1.09. The van der Waals surface area contributed by atoms with Crippen LogP contribution in [0.15, 0.2) is 24.4 Å². The number of rotatable bonds is 1. The monoisotopic (exact) mass is 216 g/mol. The lowest BCUT2D eigenvalue weighted by atomic mass is 10.2. The summed E-state index contributed by atoms with van der Waals surface area (Å²) in [5.41, 5.74) is 2.44. The molecule has 1 aliphatic heterocycles. The van der Waals surface area contributed by atoms with E-state index in [1.807, 2.05) is 6.20 Å². The van der Waals surface area contributed by atoms with Crippen molar-refractivity contribution in [3.8, 4) is 0 Å². The summed E-state index contributed by atoms with van der Waals surface area (Å²) in [7, 11) is 2.17. The Morgan fingerprint density at radius 1 is 1.19 bits per heavy atom. The molecule has 0 atom stereocenters. The van der Waals surface area contributed by atoms with Gasteiger partial charge in [0, 0.05) is 31.6 Å². The molecule has 0 spiro atoms. The van der Waals surface area contributed by atoms with Crippen molar-refractivity contribution in [2.75, 3.05) is 38.1 Å². The van der Waals surface area contributed by atoms with E-state index in [-0.39, 0.29) is 0 Å². The predicted molar refractivity (Wildman–Crippen MR) is 65.8 cm³/mol. The molecule has 0 amide bonds. The van der Waals surface area contributed by atoms with Crippen LogP contribution in [-0.4, -0.2) is 48.3 Å². The fourth-order valence-corrected chi connectivity index (χ4v) is 2.26. The van der Waals surface area contributed by atoms with Crippen LogP contribution in [-0.2, 0) is 0 Å². The number of fused-ring (bicyclic) bond motifs is 1. The molecule has 1 fully saturated rings. The number of hydrogen-bond donors (Lipinski definition) is 1. The molecule has 2 aromatic rings. The van der Waals surface area contributed by atoms with Gasteiger partial charge in [0.15, 0.2) is 0 Å². The van der Waals surface area contributed by atoms with Gasteiger partial charge in [0.25, 0.3) is 0 Å². The quantitative estimate of drug-likeness (QED) is 0.780. The zero-order chi connectivity index (χ0) is 11.0. The van der Waals surface area contributed by atoms with Crippen LogP contribution >= 0.6 is 0 Å². The summed E-state index contributed by atoms with van der Waals surface area (Å²) in [4.78, 5) is 4.80. The molecule has 4 nitrogen and oxygen atoms in total. The second-order valence-electron chi connectivity index (χ2n) is 4.40. The van der Waals surface area contributed by atoms with Gasteiger partial charge in [0.05, 0.1) is 17.4 Å². The minimum Gasteiger partial charge on any atom is -0.367 e. The molecule has 3 rings (SSSR count). The summed E-state index contributed by atoms with van der Waals surface area (Å²) >= 11 is 0. The van der Waals surface area contributed by atoms with Gasteiger partial charge in [-0.3, -0.25) is 5.10 Å². The zero-order valence-corrected chi connectivity index (χ0v) is 9.48. The summed E-state index contributed by atoms with van der Waals surface area (Å²) in [6, 6.07) is 6.37. The van der Waals surface area contributed by atoms with Crippen molar-refractivity contribution < 1.29 is 0 Å². The van der Waals surface area contributed by atoms with Crippen LogP contribution in [0, 0.1) is 0 Å². The third-order valence-corrected chi connectivity index (χ3v) is 3.30. The second-order valence-corrected chi connectivity index (χ2v) is 4.40. The maximum absolute atomic E-state index is 4.11. The molecule has 0 unspecified atom stereocenters. The highest BCUT2D eigenvalue weighted by Gasteiger charge is 2.16. The second kappa shape index (κ2) is 3.79. The number of hydrogen-bond acceptors (Lipinski definition) is 3. The minimum absolute atomic E-state index is 1.09. The van der Waals surface area contributed by atoms with Crippen molar-refractivity contribution in [1.82, 2.24) is 15.1 Å². The van der Waals surface area contributed by atoms with Crippen molar-refractivity contribution in [3.63, 3.8) is 0 Å². The van der Waals surface area contributed by atoms with Crippen LogP contribution < -0.4 is 4.90 Å². The van der Waals surface area contributed by atoms with Gasteiger partial charge >= 0.3 is 0 Å². The number of para-hydroxylation sites is 1. The third-order valence-electron chi connectivity index (χ3n) is 3.30. The van der Waals surface area contributed by atoms with Crippen molar-refractivity contribution in [2.24, 2.45) is 0 Å². The summed E-state index contributed by atoms with van der Waals surface area (Å²) in [5.74, 6) is 0. The number of nitrogens with zero attached hydrogens (tertiary/aromatic N) is 3. The van der Waals surface area contributed by atoms with E-state index in [1.54, 1.807) is 0 Å². The SMILES string of the molecule is CN1CCN(c2cccc3cn[nH]c23)CC1. The molecule has 1 aromatic heterocycles. The lowest BCUT2D eigenvalue weighted by molar-refractivity contribution is 0.313. The number of piperazine rings is 1. The Labute approximate surface area is 94.8 Å². The molecule has 1 N–H and O–H groups in total. The molecule has 1 aromatic carbocycles. The van der Waals surface area contributed by atoms with Gasteiger partial charge in [0.2, 0.25) is 0 Å². The summed E-state index contributed by atoms with van der Waals surface area (Å²) in [5, 5.41) is 8.39. The van der Waals surface area contributed by atoms with E-state index in [4.69, 9.17) is 0 Å². The molecule has 0 bridgehead atoms. The standard InChI is InChI=1S/C12H16N4/c1-15-5-7-16(8-6-15)11-4-2-3-10-9-13-14-12(10)11/h2-4,9H,5-8H2,1H3,(H,13,14). The van der Waals surface area contributed by atoms with Crippen molar-refractivity contribution in [2.45, 2.75) is 0 Å². The highest BCUT2D eigenvalue weighted by atomic mass is 15.3. The first-order chi connectivity index (χ1) is 7.84. The van der Waals surface area contributed by atoms with Gasteiger partial charge in [-0.25, -0.2) is 0 Å². The van der Waals surface area contributed by atoms with E-state index < -0.39 is 0 Å². The Morgan fingerprint density at radius 2 is 2.00 bits per heavy atom. The Kier molecular flexibility index (Phi) is 2.29. The molecule has 0 aliphatic carbocycles. The summed E-state index contributed by atoms with van der Waals surface area (Å²) < 4.78 is 0. The zero-order valence-electron chi connectivity index (χ0n) is 9.48. The van der Waals surface area contributed by atoms with Crippen LogP contribution in [0.5, 0.6) is 0 Å². The first-order valence-electron chi connectivity index (χ1n) is 5.70. The molecule has 1 aliphatic rings. The number of benzene rings is 1. The number of likely N-dealkylation sites (N-methyl/N-ethyl adjacent to an activating group) is 1. The number of H-pyrrole nitrogens is 1. The molecule has 2 heterocycles. The Bertz CT molecular complexity index is 482. The van der Waals surface area contributed by atoms with E-state index in [9.17, 15) is 0 Å². The van der Waals surface area contributed by atoms with Gasteiger partial charge in [-0.15, -0.1) is 0 Å². The van der Waals surface area contributed by atoms with E-state index in [1.165, 1.54) is 11.1 Å². The lowest BCUT2D eigenvalue weighted by Crippen LogP contribution is -2.44. The van der Waals surface area contributed by atoms with Crippen LogP contribution in [0.1, 0.15) is 0 Å². The predicted octanol–water partition coefficient (Wildman–Crippen LogP) is 1.31. The Hall–Kier alpha value is -1.55. The van der Waals surface area contributed by atoms with Gasteiger partial charge in [0.1, 0.15) is 0 Å². The Morgan fingerprint density at radius 3 is 2.81 bits per heavy atom. The topological polar surface area (TPSA) is 35.2 Å². The fraction of sp³-hybridized carbons (Fsp3) is 0.417. The van der Waals surface area contributed by atoms with Gasteiger partial charge in [-0.2, -0.15) is 5.10 Å². The fourth-order valence-electron chi connectivity index (χ4n) is 2.26. The van der Waals surface area contributed by atoms with Crippen LogP contribution in [0.2, 0.25) is 0 Å². The average Bonchev–Trinajstić information content (AvgIpc) is 2.78. The van der Waals surface area contributed by atoms with E-state index in [0.717, 1.165) is 31.7 Å². The van der Waals surface area contributed by atoms with Gasteiger partial charge < -0.3 is 9.80 Å². The van der Waals surface area contributed by atoms with Crippen molar-refractivity contribution in [1.29, 1.82) is 0 Å². The average molecular weight is 216 g/mol. The maximum Gasteiger partial charge on any atom is 0.0883 e. The third kappa shape index (κ3) is 1.55. The largest absolute Gasteiger partial charge is 0.367 e. The molecular weight excluding hydrogens is 200 g/mol. The van der Waals surface area contributed by atoms with Gasteiger partial charge in [-0.05, 0) is 13.1 Å². The first kappa shape index (κ1) is 9.66. The number of aromatic amines is 1. The number of nitrogens with one attached hydrogen (secondary N) is 1. The molecule has 1 saturated heterocycles. The highest BCUT2D eigenvalue weighted by Crippen LogP contribution is 2.25. The maximum atomic E-state index is 4.11. The van der Waals surface area contributed by atoms with E-state index in [0.29, 0.717) is 0 Å². The molecule has 0 saturated carbocycles. The smallest absolute Gasteiger partial charge is 0.0883 e. The normalized spacial score (nSPS) is 18.2. The van der Waals surface area contributed by atoms with E-state index >= 15 is 0 Å². The molecule has 84 valence electrons. The molecular formula is C12H16N4. The number of anilines is 1. The lowest BCUT2D eigenvalue weighted by Gasteiger charge is -2.34. The molecule has 4 heteroatoms. The molecule has 0 radical (unpaired) electrons. The van der Waals surface area contributed by atoms with E-state index in [2.05, 4.69) is 45.2 Å². The molecule has 16 heavy (non-hydrogen) atoms. The van der Waals surface area contributed by atoms with Crippen molar-refractivity contribution in [3.05, 3.63) is 24.4 Å². The van der Waals surface area contributed by atoms with Crippen LogP contribution in [0.3, 0.4) is 0 Å². The number of aromatic nitrogens is 2. The Balaban J connectivity index is 1.96. The first-order valence-corrected chi connectivity index (χ1v) is 5.70. The van der Waals surface area contributed by atoms with Crippen molar-refractivity contribution >= 4 is 16.6 Å². The summed E-state index contributed by atoms with van der Waals surface area (Å²) in [6.07, 6.45) is 1.88. The van der Waals surface area contributed by atoms with Crippen LogP contribution in [0.25, 0.3) is 10.9 Å². The van der Waals surface area contributed by atoms with Crippen LogP contribution in [0.4, 0.5) is 5.69 Å².